The van der Waals surface area contributed by atoms with Gasteiger partial charge in [-0.2, -0.15) is 0 Å². The highest BCUT2D eigenvalue weighted by Crippen LogP contribution is 2.29. The van der Waals surface area contributed by atoms with Crippen molar-refractivity contribution in [2.24, 2.45) is 11.7 Å². The van der Waals surface area contributed by atoms with E-state index in [1.54, 1.807) is 7.05 Å². The fraction of sp³-hybridized carbons (Fsp3) is 0.923. The number of hydrogen-bond acceptors (Lipinski definition) is 3. The molecule has 0 spiro atoms. The summed E-state index contributed by atoms with van der Waals surface area (Å²) in [5, 5.41) is 2.91. The van der Waals surface area contributed by atoms with E-state index in [2.05, 4.69) is 12.2 Å². The summed E-state index contributed by atoms with van der Waals surface area (Å²) in [5.74, 6) is 0.400. The van der Waals surface area contributed by atoms with Crippen LogP contribution in [0.2, 0.25) is 0 Å². The van der Waals surface area contributed by atoms with Gasteiger partial charge in [-0.05, 0) is 32.2 Å². The summed E-state index contributed by atoms with van der Waals surface area (Å²) in [6.45, 7) is 2.85. The van der Waals surface area contributed by atoms with E-state index in [0.717, 1.165) is 0 Å². The van der Waals surface area contributed by atoms with Crippen LogP contribution in [-0.2, 0) is 9.53 Å². The highest BCUT2D eigenvalue weighted by atomic mass is 16.5. The van der Waals surface area contributed by atoms with Gasteiger partial charge < -0.3 is 15.8 Å². The first-order valence-electron chi connectivity index (χ1n) is 6.77. The van der Waals surface area contributed by atoms with Crippen molar-refractivity contribution in [3.05, 3.63) is 0 Å². The second-order valence-electron chi connectivity index (χ2n) is 4.89. The van der Waals surface area contributed by atoms with E-state index in [1.165, 1.54) is 32.1 Å². The van der Waals surface area contributed by atoms with Crippen molar-refractivity contribution in [3.63, 3.8) is 0 Å². The molecule has 4 heteroatoms. The van der Waals surface area contributed by atoms with Gasteiger partial charge in [-0.1, -0.05) is 26.2 Å². The van der Waals surface area contributed by atoms with Gasteiger partial charge in [0.2, 0.25) is 5.91 Å². The molecule has 1 aliphatic rings. The van der Waals surface area contributed by atoms with Crippen LogP contribution < -0.4 is 11.1 Å². The van der Waals surface area contributed by atoms with Crippen LogP contribution in [-0.4, -0.2) is 31.7 Å². The second-order valence-corrected chi connectivity index (χ2v) is 4.89. The van der Waals surface area contributed by atoms with Crippen LogP contribution in [0, 0.1) is 5.92 Å². The topological polar surface area (TPSA) is 64.3 Å². The molecule has 1 rings (SSSR count). The molecule has 1 saturated carbocycles. The van der Waals surface area contributed by atoms with Crippen LogP contribution in [0.1, 0.15) is 45.4 Å². The first kappa shape index (κ1) is 14.5. The molecule has 4 nitrogen and oxygen atoms in total. The molecule has 3 N–H and O–H groups in total. The number of carbonyl (C=O) groups excluding carboxylic acids is 1. The third kappa shape index (κ3) is 4.64. The normalized spacial score (nSPS) is 26.7. The zero-order valence-corrected chi connectivity index (χ0v) is 11.1. The van der Waals surface area contributed by atoms with Crippen molar-refractivity contribution in [2.75, 3.05) is 13.7 Å². The molecule has 100 valence electrons. The van der Waals surface area contributed by atoms with Gasteiger partial charge in [0.05, 0.1) is 12.1 Å². The number of likely N-dealkylation sites (N-methyl/N-ethyl adjacent to an activating group) is 1. The molecule has 0 radical (unpaired) electrons. The first-order valence-corrected chi connectivity index (χ1v) is 6.77. The van der Waals surface area contributed by atoms with Gasteiger partial charge in [-0.3, -0.25) is 4.79 Å². The lowest BCUT2D eigenvalue weighted by Crippen LogP contribution is -2.40. The predicted molar refractivity (Wildman–Crippen MR) is 68.6 cm³/mol. The van der Waals surface area contributed by atoms with Gasteiger partial charge >= 0.3 is 0 Å². The molecule has 0 aromatic heterocycles. The van der Waals surface area contributed by atoms with E-state index < -0.39 is 0 Å². The Labute approximate surface area is 104 Å². The minimum Gasteiger partial charge on any atom is -0.378 e. The third-order valence-corrected chi connectivity index (χ3v) is 3.79. The molecule has 0 saturated heterocycles. The quantitative estimate of drug-likeness (QED) is 0.710. The molecular formula is C13H26N2O2. The van der Waals surface area contributed by atoms with Crippen molar-refractivity contribution in [2.45, 2.75) is 57.6 Å². The number of carbonyl (C=O) groups is 1. The lowest BCUT2D eigenvalue weighted by atomic mass is 9.85. The molecule has 1 fully saturated rings. The summed E-state index contributed by atoms with van der Waals surface area (Å²) < 4.78 is 5.92. The SMILES string of the molecule is CCC1CCCCC1OCCC(NC)C(N)=O. The largest absolute Gasteiger partial charge is 0.378 e. The average Bonchev–Trinajstić information content (AvgIpc) is 2.34. The maximum Gasteiger partial charge on any atom is 0.234 e. The third-order valence-electron chi connectivity index (χ3n) is 3.79. The molecule has 1 aliphatic carbocycles. The smallest absolute Gasteiger partial charge is 0.234 e. The minimum absolute atomic E-state index is 0.265. The monoisotopic (exact) mass is 242 g/mol. The summed E-state index contributed by atoms with van der Waals surface area (Å²) in [6, 6.07) is -0.265. The Morgan fingerprint density at radius 1 is 1.47 bits per heavy atom. The highest BCUT2D eigenvalue weighted by molar-refractivity contribution is 5.79. The number of hydrogen-bond donors (Lipinski definition) is 2. The van der Waals surface area contributed by atoms with Crippen LogP contribution >= 0.6 is 0 Å². The standard InChI is InChI=1S/C13H26N2O2/c1-3-10-6-4-5-7-12(10)17-9-8-11(15-2)13(14)16/h10-12,15H,3-9H2,1-2H3,(H2,14,16). The lowest BCUT2D eigenvalue weighted by Gasteiger charge is -2.31. The lowest BCUT2D eigenvalue weighted by molar-refractivity contribution is -0.120. The van der Waals surface area contributed by atoms with Crippen LogP contribution in [0.25, 0.3) is 0 Å². The molecule has 1 amide bonds. The predicted octanol–water partition coefficient (Wildman–Crippen LogP) is 1.44. The maximum absolute atomic E-state index is 11.0. The van der Waals surface area contributed by atoms with Crippen molar-refractivity contribution in [1.82, 2.24) is 5.32 Å². The van der Waals surface area contributed by atoms with Gasteiger partial charge in [0, 0.05) is 6.61 Å². The summed E-state index contributed by atoms with van der Waals surface area (Å²) in [7, 11) is 1.75. The second kappa shape index (κ2) is 7.67. The molecule has 17 heavy (non-hydrogen) atoms. The Balaban J connectivity index is 2.26. The van der Waals surface area contributed by atoms with E-state index in [-0.39, 0.29) is 11.9 Å². The number of amides is 1. The Morgan fingerprint density at radius 3 is 2.76 bits per heavy atom. The Hall–Kier alpha value is -0.610. The summed E-state index contributed by atoms with van der Waals surface area (Å²) in [6.07, 6.45) is 7.30. The van der Waals surface area contributed by atoms with E-state index >= 15 is 0 Å². The molecule has 0 aromatic rings. The number of rotatable bonds is 7. The number of primary amides is 1. The minimum atomic E-state index is -0.299. The van der Waals surface area contributed by atoms with Crippen molar-refractivity contribution in [3.8, 4) is 0 Å². The maximum atomic E-state index is 11.0. The van der Waals surface area contributed by atoms with Gasteiger partial charge in [0.1, 0.15) is 0 Å². The first-order chi connectivity index (χ1) is 8.19. The Kier molecular flexibility index (Phi) is 6.52. The van der Waals surface area contributed by atoms with Crippen LogP contribution in [0.15, 0.2) is 0 Å². The van der Waals surface area contributed by atoms with Crippen molar-refractivity contribution >= 4 is 5.91 Å². The van der Waals surface area contributed by atoms with Crippen LogP contribution in [0.3, 0.4) is 0 Å². The van der Waals surface area contributed by atoms with Gasteiger partial charge in [-0.25, -0.2) is 0 Å². The Bertz CT molecular complexity index is 233. The summed E-state index contributed by atoms with van der Waals surface area (Å²) in [4.78, 5) is 11.0. The van der Waals surface area contributed by atoms with Crippen LogP contribution in [0.4, 0.5) is 0 Å². The van der Waals surface area contributed by atoms with Crippen molar-refractivity contribution in [1.29, 1.82) is 0 Å². The van der Waals surface area contributed by atoms with E-state index in [9.17, 15) is 4.79 Å². The Morgan fingerprint density at radius 2 is 2.18 bits per heavy atom. The molecular weight excluding hydrogens is 216 g/mol. The van der Waals surface area contributed by atoms with Gasteiger partial charge in [0.15, 0.2) is 0 Å². The summed E-state index contributed by atoms with van der Waals surface area (Å²) in [5.41, 5.74) is 5.26. The molecule has 0 aromatic carbocycles. The zero-order valence-electron chi connectivity index (χ0n) is 11.1. The summed E-state index contributed by atoms with van der Waals surface area (Å²) >= 11 is 0. The molecule has 0 heterocycles. The zero-order chi connectivity index (χ0) is 12.7. The van der Waals surface area contributed by atoms with E-state index in [1.807, 2.05) is 0 Å². The highest BCUT2D eigenvalue weighted by Gasteiger charge is 2.24. The number of nitrogens with one attached hydrogen (secondary N) is 1. The molecule has 0 aliphatic heterocycles. The fourth-order valence-electron chi connectivity index (χ4n) is 2.63. The molecule has 0 bridgehead atoms. The van der Waals surface area contributed by atoms with E-state index in [4.69, 9.17) is 10.5 Å². The molecule has 3 unspecified atom stereocenters. The number of ether oxygens (including phenoxy) is 1. The number of nitrogens with two attached hydrogens (primary N) is 1. The van der Waals surface area contributed by atoms with Gasteiger partial charge in [-0.15, -0.1) is 0 Å². The van der Waals surface area contributed by atoms with Crippen LogP contribution in [0.5, 0.6) is 0 Å². The van der Waals surface area contributed by atoms with E-state index in [0.29, 0.717) is 25.0 Å². The molecule has 3 atom stereocenters. The van der Waals surface area contributed by atoms with Gasteiger partial charge in [0.25, 0.3) is 0 Å². The average molecular weight is 242 g/mol. The fourth-order valence-corrected chi connectivity index (χ4v) is 2.63. The van der Waals surface area contributed by atoms with Crippen molar-refractivity contribution < 1.29 is 9.53 Å².